The molecule has 17 heavy (non-hydrogen) atoms. The molecule has 1 fully saturated rings. The summed E-state index contributed by atoms with van der Waals surface area (Å²) in [6, 6.07) is 7.16. The number of benzene rings is 1. The van der Waals surface area contributed by atoms with Crippen molar-refractivity contribution in [2.24, 2.45) is 5.92 Å². The molecule has 0 radical (unpaired) electrons. The minimum absolute atomic E-state index is 0.104. The molecule has 3 rings (SSSR count). The van der Waals surface area contributed by atoms with Gasteiger partial charge in [0.25, 0.3) is 5.91 Å². The Morgan fingerprint density at radius 2 is 2.12 bits per heavy atom. The first-order chi connectivity index (χ1) is 8.20. The molecular weight excluding hydrogens is 238 g/mol. The standard InChI is InChI=1S/C13H12ClNO2/c14-10-6-2-1-4-8(10)12-9-5-3-7-11(9)15(17)13(12)16/h1-4,6-7,9,11-12,17H,5H2/t9-,11+,12-/m1/s1. The quantitative estimate of drug-likeness (QED) is 0.614. The van der Waals surface area contributed by atoms with Gasteiger partial charge in [0.05, 0.1) is 12.0 Å². The number of hydroxylamine groups is 2. The van der Waals surface area contributed by atoms with E-state index in [0.717, 1.165) is 17.0 Å². The first-order valence-corrected chi connectivity index (χ1v) is 6.01. The number of fused-ring (bicyclic) bond motifs is 1. The monoisotopic (exact) mass is 249 g/mol. The lowest BCUT2D eigenvalue weighted by Crippen LogP contribution is -2.29. The summed E-state index contributed by atoms with van der Waals surface area (Å²) in [6.45, 7) is 0. The molecule has 88 valence electrons. The summed E-state index contributed by atoms with van der Waals surface area (Å²) in [5, 5.41) is 11.2. The summed E-state index contributed by atoms with van der Waals surface area (Å²) in [7, 11) is 0. The van der Waals surface area contributed by atoms with E-state index >= 15 is 0 Å². The lowest BCUT2D eigenvalue weighted by molar-refractivity contribution is -0.163. The van der Waals surface area contributed by atoms with Crippen LogP contribution in [0, 0.1) is 5.92 Å². The third-order valence-corrected chi connectivity index (χ3v) is 3.97. The molecule has 1 aromatic carbocycles. The second kappa shape index (κ2) is 3.86. The zero-order chi connectivity index (χ0) is 12.0. The van der Waals surface area contributed by atoms with Crippen LogP contribution in [-0.4, -0.2) is 22.2 Å². The van der Waals surface area contributed by atoms with Crippen molar-refractivity contribution in [3.63, 3.8) is 0 Å². The summed E-state index contributed by atoms with van der Waals surface area (Å²) >= 11 is 6.13. The zero-order valence-electron chi connectivity index (χ0n) is 9.08. The van der Waals surface area contributed by atoms with Crippen molar-refractivity contribution in [2.45, 2.75) is 18.4 Å². The highest BCUT2D eigenvalue weighted by Crippen LogP contribution is 2.44. The molecule has 4 heteroatoms. The number of nitrogens with zero attached hydrogens (tertiary/aromatic N) is 1. The predicted molar refractivity (Wildman–Crippen MR) is 63.9 cm³/mol. The van der Waals surface area contributed by atoms with Crippen molar-refractivity contribution in [1.82, 2.24) is 5.06 Å². The van der Waals surface area contributed by atoms with Crippen LogP contribution < -0.4 is 0 Å². The zero-order valence-corrected chi connectivity index (χ0v) is 9.84. The summed E-state index contributed by atoms with van der Waals surface area (Å²) < 4.78 is 0. The second-order valence-electron chi connectivity index (χ2n) is 4.50. The molecule has 0 aromatic heterocycles. The molecule has 1 aromatic rings. The Morgan fingerprint density at radius 1 is 1.35 bits per heavy atom. The van der Waals surface area contributed by atoms with Gasteiger partial charge in [-0.3, -0.25) is 10.0 Å². The summed E-state index contributed by atoms with van der Waals surface area (Å²) in [5.74, 6) is -0.474. The van der Waals surface area contributed by atoms with Crippen molar-refractivity contribution < 1.29 is 10.0 Å². The van der Waals surface area contributed by atoms with Gasteiger partial charge in [-0.1, -0.05) is 42.0 Å². The van der Waals surface area contributed by atoms with E-state index in [-0.39, 0.29) is 23.8 Å². The van der Waals surface area contributed by atoms with Gasteiger partial charge in [-0.15, -0.1) is 0 Å². The van der Waals surface area contributed by atoms with E-state index in [1.54, 1.807) is 6.07 Å². The largest absolute Gasteiger partial charge is 0.285 e. The minimum Gasteiger partial charge on any atom is -0.285 e. The Kier molecular flexibility index (Phi) is 2.45. The molecule has 0 bridgehead atoms. The van der Waals surface area contributed by atoms with Gasteiger partial charge < -0.3 is 0 Å². The number of amides is 1. The molecule has 0 spiro atoms. The normalized spacial score (nSPS) is 31.1. The van der Waals surface area contributed by atoms with Crippen molar-refractivity contribution in [3.8, 4) is 0 Å². The van der Waals surface area contributed by atoms with Crippen molar-refractivity contribution in [3.05, 3.63) is 47.0 Å². The Morgan fingerprint density at radius 3 is 2.88 bits per heavy atom. The van der Waals surface area contributed by atoms with Gasteiger partial charge in [0, 0.05) is 10.9 Å². The SMILES string of the molecule is O=C1[C@H](c2ccccc2Cl)[C@@H]2CC=C[C@@H]2N1O. The molecule has 1 amide bonds. The van der Waals surface area contributed by atoms with E-state index < -0.39 is 0 Å². The molecule has 1 saturated heterocycles. The average Bonchev–Trinajstić information content (AvgIpc) is 2.86. The fourth-order valence-corrected chi connectivity index (χ4v) is 3.07. The van der Waals surface area contributed by atoms with Crippen LogP contribution in [-0.2, 0) is 4.79 Å². The van der Waals surface area contributed by atoms with E-state index in [0.29, 0.717) is 5.02 Å². The molecule has 0 saturated carbocycles. The number of halogens is 1. The Hall–Kier alpha value is -1.32. The number of hydrogen-bond acceptors (Lipinski definition) is 2. The number of carbonyl (C=O) groups excluding carboxylic acids is 1. The van der Waals surface area contributed by atoms with Crippen LogP contribution in [0.15, 0.2) is 36.4 Å². The second-order valence-corrected chi connectivity index (χ2v) is 4.91. The van der Waals surface area contributed by atoms with E-state index in [4.69, 9.17) is 11.6 Å². The maximum atomic E-state index is 12.1. The maximum Gasteiger partial charge on any atom is 0.254 e. The van der Waals surface area contributed by atoms with Gasteiger partial charge in [0.2, 0.25) is 0 Å². The molecular formula is C13H12ClNO2. The molecule has 1 aliphatic carbocycles. The van der Waals surface area contributed by atoms with Crippen LogP contribution in [0.1, 0.15) is 17.9 Å². The average molecular weight is 250 g/mol. The lowest BCUT2D eigenvalue weighted by atomic mass is 9.85. The van der Waals surface area contributed by atoms with Crippen LogP contribution in [0.4, 0.5) is 0 Å². The third-order valence-electron chi connectivity index (χ3n) is 3.62. The van der Waals surface area contributed by atoms with Gasteiger partial charge in [-0.25, -0.2) is 5.06 Å². The summed E-state index contributed by atoms with van der Waals surface area (Å²) in [5.41, 5.74) is 0.814. The molecule has 0 unspecified atom stereocenters. The van der Waals surface area contributed by atoms with Crippen LogP contribution in [0.5, 0.6) is 0 Å². The highest BCUT2D eigenvalue weighted by Gasteiger charge is 2.49. The molecule has 1 heterocycles. The van der Waals surface area contributed by atoms with Gasteiger partial charge in [0.1, 0.15) is 0 Å². The molecule has 1 aliphatic heterocycles. The van der Waals surface area contributed by atoms with Crippen molar-refractivity contribution in [1.29, 1.82) is 0 Å². The minimum atomic E-state index is -0.325. The van der Waals surface area contributed by atoms with Crippen LogP contribution in [0.2, 0.25) is 5.02 Å². The summed E-state index contributed by atoms with van der Waals surface area (Å²) in [4.78, 5) is 12.1. The molecule has 3 nitrogen and oxygen atoms in total. The Bertz CT molecular complexity index is 500. The third kappa shape index (κ3) is 1.50. The molecule has 1 N–H and O–H groups in total. The van der Waals surface area contributed by atoms with Crippen LogP contribution in [0.25, 0.3) is 0 Å². The number of hydrogen-bond donors (Lipinski definition) is 1. The first kappa shape index (κ1) is 10.8. The van der Waals surface area contributed by atoms with Crippen molar-refractivity contribution in [2.75, 3.05) is 0 Å². The predicted octanol–water partition coefficient (Wildman–Crippen LogP) is 2.60. The van der Waals surface area contributed by atoms with E-state index in [2.05, 4.69) is 0 Å². The highest BCUT2D eigenvalue weighted by atomic mass is 35.5. The van der Waals surface area contributed by atoms with E-state index in [1.807, 2.05) is 30.4 Å². The Labute approximate surface area is 104 Å². The fourth-order valence-electron chi connectivity index (χ4n) is 2.82. The smallest absolute Gasteiger partial charge is 0.254 e. The van der Waals surface area contributed by atoms with Crippen LogP contribution in [0.3, 0.4) is 0 Å². The molecule has 2 aliphatic rings. The first-order valence-electron chi connectivity index (χ1n) is 5.63. The van der Waals surface area contributed by atoms with Crippen LogP contribution >= 0.6 is 11.6 Å². The Balaban J connectivity index is 2.04. The highest BCUT2D eigenvalue weighted by molar-refractivity contribution is 6.31. The van der Waals surface area contributed by atoms with Gasteiger partial charge in [0.15, 0.2) is 0 Å². The molecule has 3 atom stereocenters. The lowest BCUT2D eigenvalue weighted by Gasteiger charge is -2.16. The van der Waals surface area contributed by atoms with Crippen molar-refractivity contribution >= 4 is 17.5 Å². The van der Waals surface area contributed by atoms with E-state index in [9.17, 15) is 10.0 Å². The van der Waals surface area contributed by atoms with Gasteiger partial charge in [-0.05, 0) is 18.1 Å². The maximum absolute atomic E-state index is 12.1. The number of carbonyl (C=O) groups is 1. The number of rotatable bonds is 1. The number of allylic oxidation sites excluding steroid dienone is 1. The topological polar surface area (TPSA) is 40.5 Å². The van der Waals surface area contributed by atoms with Gasteiger partial charge >= 0.3 is 0 Å². The van der Waals surface area contributed by atoms with Gasteiger partial charge in [-0.2, -0.15) is 0 Å². The van der Waals surface area contributed by atoms with E-state index in [1.165, 1.54) is 0 Å². The fraction of sp³-hybridized carbons (Fsp3) is 0.308. The summed E-state index contributed by atoms with van der Waals surface area (Å²) in [6.07, 6.45) is 4.71.